The third-order valence-electron chi connectivity index (χ3n) is 8.26. The highest BCUT2D eigenvalue weighted by Crippen LogP contribution is 2.44. The first kappa shape index (κ1) is 25.4. The van der Waals surface area contributed by atoms with Gasteiger partial charge in [-0.2, -0.15) is 0 Å². The monoisotopic (exact) mass is 557 g/mol. The highest BCUT2D eigenvalue weighted by Gasteiger charge is 2.40. The number of rotatable bonds is 4. The Hall–Kier alpha value is -4.55. The largest absolute Gasteiger partial charge is 0.477 e. The fourth-order valence-electron chi connectivity index (χ4n) is 6.43. The third-order valence-corrected chi connectivity index (χ3v) is 8.26. The van der Waals surface area contributed by atoms with E-state index in [9.17, 15) is 19.1 Å². The second-order valence-electron chi connectivity index (χ2n) is 10.8. The molecule has 2 aliphatic rings. The molecule has 0 spiro atoms. The lowest BCUT2D eigenvalue weighted by Crippen LogP contribution is -2.51. The molecule has 5 aromatic rings. The Morgan fingerprint density at radius 1 is 1.17 bits per heavy atom. The molecule has 2 atom stereocenters. The molecule has 1 aromatic carbocycles. The van der Waals surface area contributed by atoms with E-state index in [0.717, 1.165) is 29.7 Å². The van der Waals surface area contributed by atoms with Crippen LogP contribution in [0.25, 0.3) is 44.1 Å². The number of ether oxygens (including phenoxy) is 1. The van der Waals surface area contributed by atoms with Crippen LogP contribution in [0.5, 0.6) is 0 Å². The predicted octanol–water partition coefficient (Wildman–Crippen LogP) is 3.03. The molecule has 41 heavy (non-hydrogen) atoms. The van der Waals surface area contributed by atoms with E-state index in [-0.39, 0.29) is 28.9 Å². The average molecular weight is 558 g/mol. The topological polar surface area (TPSA) is 129 Å². The molecule has 11 nitrogen and oxygen atoms in total. The first-order valence-corrected chi connectivity index (χ1v) is 13.4. The van der Waals surface area contributed by atoms with Gasteiger partial charge >= 0.3 is 5.97 Å². The number of morpholine rings is 1. The molecule has 0 aliphatic carbocycles. The number of benzene rings is 1. The molecule has 2 fully saturated rings. The van der Waals surface area contributed by atoms with Crippen LogP contribution in [0.4, 0.5) is 15.8 Å². The number of hydrogen-bond acceptors (Lipinski definition) is 8. The lowest BCUT2D eigenvalue weighted by atomic mass is 9.99. The summed E-state index contributed by atoms with van der Waals surface area (Å²) >= 11 is 0. The van der Waals surface area contributed by atoms with Crippen molar-refractivity contribution in [2.75, 3.05) is 50.6 Å². The summed E-state index contributed by atoms with van der Waals surface area (Å²) in [5.74, 6) is -1.68. The summed E-state index contributed by atoms with van der Waals surface area (Å²) in [4.78, 5) is 42.2. The standard InChI is InChI=1S/C29H28FN7O4/c1-31-20-8-15(30)7-16-23-25(37-4-5-41-22-13-35(2)12-21(22)37)18(10-32-27(23)34-24(16)20)14-6-17-26(38)19(29(39)40)11-36(3)28(17)33-9-14/h6-11,21-22,31H,4-5,12-13H2,1-3H3,(H,32,34)(H,39,40)/t21-,22+/m1/s1. The maximum Gasteiger partial charge on any atom is 0.341 e. The smallest absolute Gasteiger partial charge is 0.341 e. The van der Waals surface area contributed by atoms with Crippen molar-refractivity contribution in [2.24, 2.45) is 7.05 Å². The van der Waals surface area contributed by atoms with E-state index in [4.69, 9.17) is 9.72 Å². The van der Waals surface area contributed by atoms with Gasteiger partial charge in [0.05, 0.1) is 46.4 Å². The summed E-state index contributed by atoms with van der Waals surface area (Å²) in [7, 11) is 5.46. The number of carboxylic acids is 1. The van der Waals surface area contributed by atoms with Gasteiger partial charge in [0.15, 0.2) is 0 Å². The molecule has 0 bridgehead atoms. The van der Waals surface area contributed by atoms with E-state index < -0.39 is 11.4 Å². The number of anilines is 2. The minimum absolute atomic E-state index is 0.000209. The summed E-state index contributed by atoms with van der Waals surface area (Å²) < 4.78 is 22.6. The van der Waals surface area contributed by atoms with Gasteiger partial charge in [0.2, 0.25) is 5.43 Å². The first-order valence-electron chi connectivity index (χ1n) is 13.4. The summed E-state index contributed by atoms with van der Waals surface area (Å²) in [5.41, 5.74) is 3.55. The number of aromatic amines is 1. The van der Waals surface area contributed by atoms with Crippen molar-refractivity contribution in [3.8, 4) is 11.1 Å². The van der Waals surface area contributed by atoms with Gasteiger partial charge in [-0.25, -0.2) is 19.2 Å². The van der Waals surface area contributed by atoms with Crippen molar-refractivity contribution in [1.82, 2.24) is 24.4 Å². The quantitative estimate of drug-likeness (QED) is 0.305. The normalized spacial score (nSPS) is 19.4. The number of carboxylic acid groups (broad SMARTS) is 1. The molecule has 3 N–H and O–H groups in total. The number of likely N-dealkylation sites (tertiary alicyclic amines) is 1. The van der Waals surface area contributed by atoms with Gasteiger partial charge in [0, 0.05) is 68.8 Å². The summed E-state index contributed by atoms with van der Waals surface area (Å²) in [5, 5.41) is 14.3. The molecule has 2 saturated heterocycles. The highest BCUT2D eigenvalue weighted by molar-refractivity contribution is 6.18. The van der Waals surface area contributed by atoms with Crippen LogP contribution in [0.15, 0.2) is 41.6 Å². The Labute approximate surface area is 233 Å². The molecule has 210 valence electrons. The maximum absolute atomic E-state index is 14.9. The molecule has 7 rings (SSSR count). The van der Waals surface area contributed by atoms with Gasteiger partial charge in [-0.05, 0) is 25.2 Å². The van der Waals surface area contributed by atoms with E-state index in [2.05, 4.69) is 32.1 Å². The van der Waals surface area contributed by atoms with Gasteiger partial charge < -0.3 is 34.5 Å². The van der Waals surface area contributed by atoms with Crippen LogP contribution < -0.4 is 15.6 Å². The number of likely N-dealkylation sites (N-methyl/N-ethyl adjacent to an activating group) is 1. The zero-order valence-electron chi connectivity index (χ0n) is 22.7. The zero-order valence-corrected chi connectivity index (χ0v) is 22.7. The van der Waals surface area contributed by atoms with Crippen molar-refractivity contribution in [3.63, 3.8) is 0 Å². The van der Waals surface area contributed by atoms with Crippen molar-refractivity contribution < 1.29 is 19.0 Å². The predicted molar refractivity (Wildman–Crippen MR) is 154 cm³/mol. The minimum atomic E-state index is -1.30. The van der Waals surface area contributed by atoms with Crippen molar-refractivity contribution in [1.29, 1.82) is 0 Å². The summed E-state index contributed by atoms with van der Waals surface area (Å²) in [6.07, 6.45) is 4.69. The van der Waals surface area contributed by atoms with Gasteiger partial charge in [0.1, 0.15) is 22.7 Å². The molecule has 4 aromatic heterocycles. The van der Waals surface area contributed by atoms with E-state index in [1.807, 2.05) is 0 Å². The highest BCUT2D eigenvalue weighted by atomic mass is 19.1. The SMILES string of the molecule is CNc1cc(F)cc2c1[nH]c1ncc(-c3cnc4c(c3)c(=O)c(C(=O)O)cn4C)c(N3CCO[C@H]4CN(C)C[C@H]43)c12. The van der Waals surface area contributed by atoms with E-state index >= 15 is 0 Å². The van der Waals surface area contributed by atoms with Crippen LogP contribution in [-0.4, -0.2) is 88.0 Å². The fraction of sp³-hybridized carbons (Fsp3) is 0.310. The number of H-pyrrole nitrogens is 1. The molecular formula is C29H28FN7O4. The number of aromatic nitrogens is 4. The molecule has 6 heterocycles. The van der Waals surface area contributed by atoms with Gasteiger partial charge in [-0.3, -0.25) is 4.79 Å². The lowest BCUT2D eigenvalue weighted by Gasteiger charge is -2.40. The molecule has 0 unspecified atom stereocenters. The fourth-order valence-corrected chi connectivity index (χ4v) is 6.43. The van der Waals surface area contributed by atoms with Crippen LogP contribution in [0.3, 0.4) is 0 Å². The first-order chi connectivity index (χ1) is 19.7. The minimum Gasteiger partial charge on any atom is -0.477 e. The number of pyridine rings is 3. The summed E-state index contributed by atoms with van der Waals surface area (Å²) in [6.45, 7) is 2.71. The van der Waals surface area contributed by atoms with Crippen molar-refractivity contribution in [3.05, 3.63) is 58.4 Å². The second kappa shape index (κ2) is 9.25. The second-order valence-corrected chi connectivity index (χ2v) is 10.8. The van der Waals surface area contributed by atoms with E-state index in [0.29, 0.717) is 46.6 Å². The van der Waals surface area contributed by atoms with Crippen LogP contribution in [-0.2, 0) is 11.8 Å². The van der Waals surface area contributed by atoms with Gasteiger partial charge in [0.25, 0.3) is 0 Å². The van der Waals surface area contributed by atoms with Gasteiger partial charge in [-0.1, -0.05) is 0 Å². The Morgan fingerprint density at radius 2 is 2.00 bits per heavy atom. The molecule has 0 radical (unpaired) electrons. The van der Waals surface area contributed by atoms with E-state index in [1.165, 1.54) is 22.9 Å². The number of nitrogens with zero attached hydrogens (tertiary/aromatic N) is 5. The Balaban J connectivity index is 1.55. The lowest BCUT2D eigenvalue weighted by molar-refractivity contribution is 0.0319. The van der Waals surface area contributed by atoms with Crippen LogP contribution in [0.1, 0.15) is 10.4 Å². The molecule has 2 aliphatic heterocycles. The summed E-state index contributed by atoms with van der Waals surface area (Å²) in [6, 6.07) is 4.67. The molecule has 0 saturated carbocycles. The molecular weight excluding hydrogens is 529 g/mol. The zero-order chi connectivity index (χ0) is 28.6. The van der Waals surface area contributed by atoms with Crippen LogP contribution >= 0.6 is 0 Å². The number of halogens is 1. The van der Waals surface area contributed by atoms with E-state index in [1.54, 1.807) is 32.6 Å². The molecule has 12 heteroatoms. The number of carbonyl (C=O) groups is 1. The van der Waals surface area contributed by atoms with Crippen LogP contribution in [0, 0.1) is 5.82 Å². The van der Waals surface area contributed by atoms with Crippen molar-refractivity contribution in [2.45, 2.75) is 12.1 Å². The molecule has 0 amide bonds. The van der Waals surface area contributed by atoms with Crippen LogP contribution in [0.2, 0.25) is 0 Å². The maximum atomic E-state index is 14.9. The number of nitrogens with one attached hydrogen (secondary N) is 2. The average Bonchev–Trinajstić information content (AvgIpc) is 3.53. The Kier molecular flexibility index (Phi) is 5.73. The third kappa shape index (κ3) is 3.85. The Morgan fingerprint density at radius 3 is 2.78 bits per heavy atom. The number of hydrogen-bond donors (Lipinski definition) is 3. The number of fused-ring (bicyclic) bond motifs is 5. The van der Waals surface area contributed by atoms with Gasteiger partial charge in [-0.15, -0.1) is 0 Å². The number of aromatic carboxylic acids is 1. The van der Waals surface area contributed by atoms with Crippen molar-refractivity contribution >= 4 is 50.3 Å². The number of aryl methyl sites for hydroxylation is 1. The Bertz CT molecular complexity index is 1950.